The third-order valence-electron chi connectivity index (χ3n) is 2.83. The van der Waals surface area contributed by atoms with E-state index in [4.69, 9.17) is 9.47 Å². The molecule has 1 heterocycles. The molecule has 0 spiro atoms. The van der Waals surface area contributed by atoms with Crippen LogP contribution in [0, 0.1) is 0 Å². The number of ether oxygens (including phenoxy) is 3. The maximum atomic E-state index is 11.6. The molecule has 0 bridgehead atoms. The summed E-state index contributed by atoms with van der Waals surface area (Å²) in [6, 6.07) is 9.27. The molecule has 0 radical (unpaired) electrons. The van der Waals surface area contributed by atoms with Gasteiger partial charge in [0, 0.05) is 0 Å². The fraction of sp³-hybridized carbons (Fsp3) is 0.385. The van der Waals surface area contributed by atoms with Crippen molar-refractivity contribution in [2.24, 2.45) is 0 Å². The maximum absolute atomic E-state index is 11.6. The lowest BCUT2D eigenvalue weighted by atomic mass is 9.98. The number of rotatable bonds is 4. The van der Waals surface area contributed by atoms with Crippen molar-refractivity contribution in [3.8, 4) is 0 Å². The van der Waals surface area contributed by atoms with Gasteiger partial charge in [0.2, 0.25) is 0 Å². The molecule has 6 heteroatoms. The van der Waals surface area contributed by atoms with Crippen molar-refractivity contribution in [2.75, 3.05) is 20.3 Å². The fourth-order valence-corrected chi connectivity index (χ4v) is 1.70. The first-order chi connectivity index (χ1) is 9.16. The number of esters is 1. The summed E-state index contributed by atoms with van der Waals surface area (Å²) in [6.45, 7) is 0.338. The van der Waals surface area contributed by atoms with E-state index in [0.29, 0.717) is 0 Å². The van der Waals surface area contributed by atoms with E-state index in [1.54, 1.807) is 0 Å². The molecule has 0 unspecified atom stereocenters. The van der Waals surface area contributed by atoms with Crippen LogP contribution in [0.5, 0.6) is 0 Å². The summed E-state index contributed by atoms with van der Waals surface area (Å²) in [6.07, 6.45) is -0.669. The summed E-state index contributed by atoms with van der Waals surface area (Å²) >= 11 is 0. The Morgan fingerprint density at radius 1 is 1.32 bits per heavy atom. The SMILES string of the molecule is COC(=O)C1(NC(=O)OCc2ccccc2)COC1. The molecule has 2 rings (SSSR count). The molecule has 1 amide bonds. The number of benzene rings is 1. The zero-order valence-corrected chi connectivity index (χ0v) is 10.5. The number of hydrogen-bond donors (Lipinski definition) is 1. The standard InChI is InChI=1S/C13H15NO5/c1-17-11(15)13(8-18-9-13)14-12(16)19-7-10-5-3-2-4-6-10/h2-6H,7-9H2,1H3,(H,14,16). The van der Waals surface area contributed by atoms with Gasteiger partial charge in [0.15, 0.2) is 5.54 Å². The quantitative estimate of drug-likeness (QED) is 0.817. The molecule has 1 aliphatic heterocycles. The van der Waals surface area contributed by atoms with Crippen LogP contribution in [-0.4, -0.2) is 37.9 Å². The summed E-state index contributed by atoms with van der Waals surface area (Å²) in [5, 5.41) is 2.49. The molecule has 1 aromatic carbocycles. The summed E-state index contributed by atoms with van der Waals surface area (Å²) in [7, 11) is 1.26. The lowest BCUT2D eigenvalue weighted by Gasteiger charge is -2.38. The summed E-state index contributed by atoms with van der Waals surface area (Å²) in [5.74, 6) is -0.532. The van der Waals surface area contributed by atoms with Crippen LogP contribution in [0.25, 0.3) is 0 Å². The number of hydrogen-bond acceptors (Lipinski definition) is 5. The zero-order chi connectivity index (χ0) is 13.7. The Hall–Kier alpha value is -2.08. The van der Waals surface area contributed by atoms with Crippen molar-refractivity contribution < 1.29 is 23.8 Å². The molecule has 0 saturated carbocycles. The molecule has 1 saturated heterocycles. The van der Waals surface area contributed by atoms with Crippen LogP contribution >= 0.6 is 0 Å². The molecule has 102 valence electrons. The Morgan fingerprint density at radius 3 is 2.53 bits per heavy atom. The second-order valence-corrected chi connectivity index (χ2v) is 4.25. The Balaban J connectivity index is 1.85. The molecule has 1 aliphatic rings. The van der Waals surface area contributed by atoms with Crippen molar-refractivity contribution >= 4 is 12.1 Å². The third kappa shape index (κ3) is 3.03. The smallest absolute Gasteiger partial charge is 0.408 e. The first kappa shape index (κ1) is 13.4. The Bertz CT molecular complexity index is 455. The van der Waals surface area contributed by atoms with Gasteiger partial charge in [-0.1, -0.05) is 30.3 Å². The van der Waals surface area contributed by atoms with Crippen molar-refractivity contribution in [2.45, 2.75) is 12.1 Å². The zero-order valence-electron chi connectivity index (χ0n) is 10.5. The third-order valence-corrected chi connectivity index (χ3v) is 2.83. The van der Waals surface area contributed by atoms with Gasteiger partial charge in [0.25, 0.3) is 0 Å². The second kappa shape index (κ2) is 5.71. The largest absolute Gasteiger partial charge is 0.467 e. The molecule has 1 fully saturated rings. The van der Waals surface area contributed by atoms with Gasteiger partial charge in [-0.3, -0.25) is 0 Å². The van der Waals surface area contributed by atoms with Gasteiger partial charge in [-0.05, 0) is 5.56 Å². The number of carbonyl (C=O) groups is 2. The van der Waals surface area contributed by atoms with Gasteiger partial charge in [-0.15, -0.1) is 0 Å². The highest BCUT2D eigenvalue weighted by molar-refractivity contribution is 5.87. The van der Waals surface area contributed by atoms with E-state index < -0.39 is 17.6 Å². The molecular weight excluding hydrogens is 250 g/mol. The molecule has 0 atom stereocenters. The Kier molecular flexibility index (Phi) is 4.01. The molecular formula is C13H15NO5. The van der Waals surface area contributed by atoms with Crippen LogP contribution in [0.3, 0.4) is 0 Å². The van der Waals surface area contributed by atoms with E-state index in [9.17, 15) is 9.59 Å². The van der Waals surface area contributed by atoms with Gasteiger partial charge in [0.05, 0.1) is 20.3 Å². The van der Waals surface area contributed by atoms with E-state index in [-0.39, 0.29) is 19.8 Å². The topological polar surface area (TPSA) is 73.9 Å². The van der Waals surface area contributed by atoms with Crippen LogP contribution in [0.15, 0.2) is 30.3 Å². The normalized spacial score (nSPS) is 16.1. The van der Waals surface area contributed by atoms with E-state index in [0.717, 1.165) is 5.56 Å². The highest BCUT2D eigenvalue weighted by Crippen LogP contribution is 2.18. The lowest BCUT2D eigenvalue weighted by molar-refractivity contribution is -0.168. The van der Waals surface area contributed by atoms with E-state index in [1.165, 1.54) is 7.11 Å². The number of amides is 1. The molecule has 6 nitrogen and oxygen atoms in total. The Morgan fingerprint density at radius 2 is 2.00 bits per heavy atom. The van der Waals surface area contributed by atoms with Gasteiger partial charge >= 0.3 is 12.1 Å². The lowest BCUT2D eigenvalue weighted by Crippen LogP contribution is -2.67. The van der Waals surface area contributed by atoms with Crippen LogP contribution in [0.1, 0.15) is 5.56 Å². The Labute approximate surface area is 110 Å². The van der Waals surface area contributed by atoms with Crippen molar-refractivity contribution in [1.82, 2.24) is 5.32 Å². The number of carbonyl (C=O) groups excluding carboxylic acids is 2. The summed E-state index contributed by atoms with van der Waals surface area (Å²) in [5.41, 5.74) is -0.239. The molecule has 19 heavy (non-hydrogen) atoms. The van der Waals surface area contributed by atoms with Gasteiger partial charge in [-0.2, -0.15) is 0 Å². The molecule has 1 aromatic rings. The van der Waals surface area contributed by atoms with Crippen molar-refractivity contribution in [1.29, 1.82) is 0 Å². The minimum atomic E-state index is -1.11. The van der Waals surface area contributed by atoms with Crippen LogP contribution in [0.4, 0.5) is 4.79 Å². The minimum absolute atomic E-state index is 0.0973. The summed E-state index contributed by atoms with van der Waals surface area (Å²) < 4.78 is 14.6. The average Bonchev–Trinajstić information content (AvgIpc) is 2.41. The molecule has 1 N–H and O–H groups in total. The first-order valence-electron chi connectivity index (χ1n) is 5.81. The fourth-order valence-electron chi connectivity index (χ4n) is 1.70. The second-order valence-electron chi connectivity index (χ2n) is 4.25. The van der Waals surface area contributed by atoms with Crippen LogP contribution in [0.2, 0.25) is 0 Å². The van der Waals surface area contributed by atoms with Crippen molar-refractivity contribution in [3.05, 3.63) is 35.9 Å². The summed E-state index contributed by atoms with van der Waals surface area (Å²) in [4.78, 5) is 23.2. The predicted octanol–water partition coefficient (Wildman–Crippen LogP) is 0.855. The number of alkyl carbamates (subject to hydrolysis) is 1. The van der Waals surface area contributed by atoms with Gasteiger partial charge in [-0.25, -0.2) is 9.59 Å². The van der Waals surface area contributed by atoms with Gasteiger partial charge in [0.1, 0.15) is 6.61 Å². The van der Waals surface area contributed by atoms with E-state index in [2.05, 4.69) is 10.1 Å². The highest BCUT2D eigenvalue weighted by atomic mass is 16.6. The predicted molar refractivity (Wildman–Crippen MR) is 65.3 cm³/mol. The van der Waals surface area contributed by atoms with Crippen LogP contribution < -0.4 is 5.32 Å². The molecule has 0 aliphatic carbocycles. The number of methoxy groups -OCH3 is 1. The minimum Gasteiger partial charge on any atom is -0.467 e. The average molecular weight is 265 g/mol. The highest BCUT2D eigenvalue weighted by Gasteiger charge is 2.49. The van der Waals surface area contributed by atoms with Crippen LogP contribution in [-0.2, 0) is 25.6 Å². The molecule has 0 aromatic heterocycles. The van der Waals surface area contributed by atoms with E-state index >= 15 is 0 Å². The van der Waals surface area contributed by atoms with Crippen molar-refractivity contribution in [3.63, 3.8) is 0 Å². The maximum Gasteiger partial charge on any atom is 0.408 e. The number of nitrogens with one attached hydrogen (secondary N) is 1. The first-order valence-corrected chi connectivity index (χ1v) is 5.81. The van der Waals surface area contributed by atoms with E-state index in [1.807, 2.05) is 30.3 Å². The monoisotopic (exact) mass is 265 g/mol. The van der Waals surface area contributed by atoms with Gasteiger partial charge < -0.3 is 19.5 Å².